The second-order valence-corrected chi connectivity index (χ2v) is 14.6. The van der Waals surface area contributed by atoms with E-state index in [1.54, 1.807) is 118 Å². The zero-order valence-corrected chi connectivity index (χ0v) is 67.0. The smallest absolute Gasteiger partial charge is 0.147 e. The summed E-state index contributed by atoms with van der Waals surface area (Å²) in [6.07, 6.45) is 37.7. The predicted molar refractivity (Wildman–Crippen MR) is 419 cm³/mol. The average Bonchev–Trinajstić information content (AvgIpc) is 3.83. The van der Waals surface area contributed by atoms with E-state index in [9.17, 15) is 0 Å². The summed E-state index contributed by atoms with van der Waals surface area (Å²) in [6.45, 7) is 64.9. The molecule has 11 rings (SSSR count). The van der Waals surface area contributed by atoms with Crippen molar-refractivity contribution < 1.29 is 0 Å². The van der Waals surface area contributed by atoms with Crippen molar-refractivity contribution in [1.82, 2.24) is 126 Å². The minimum absolute atomic E-state index is 0. The molecule has 0 spiro atoms. The maximum atomic E-state index is 3.92. The van der Waals surface area contributed by atoms with Crippen LogP contribution in [0.4, 0.5) is 0 Å². The van der Waals surface area contributed by atoms with Gasteiger partial charge in [0.2, 0.25) is 0 Å². The van der Waals surface area contributed by atoms with Crippen molar-refractivity contribution in [3.8, 4) is 0 Å². The molecule has 100 heavy (non-hydrogen) atoms. The van der Waals surface area contributed by atoms with E-state index in [0.29, 0.717) is 5.82 Å². The molecule has 0 unspecified atom stereocenters. The number of aromatic nitrogens is 25. The van der Waals surface area contributed by atoms with E-state index in [2.05, 4.69) is 126 Å². The van der Waals surface area contributed by atoms with Crippen LogP contribution in [0.3, 0.4) is 0 Å². The van der Waals surface area contributed by atoms with Gasteiger partial charge in [-0.2, -0.15) is 35.7 Å². The lowest BCUT2D eigenvalue weighted by Crippen LogP contribution is -1.85. The van der Waals surface area contributed by atoms with Crippen molar-refractivity contribution >= 4 is 0 Å². The molecule has 25 nitrogen and oxygen atoms in total. The molecule has 11 aromatic heterocycles. The monoisotopic (exact) mass is 1380 g/mol. The first kappa shape index (κ1) is 117. The van der Waals surface area contributed by atoms with Crippen LogP contribution < -0.4 is 0 Å². The van der Waals surface area contributed by atoms with Crippen LogP contribution in [0, 0.1) is 76.2 Å². The topological polar surface area (TPSA) is 322 Å². The lowest BCUT2D eigenvalue weighted by molar-refractivity contribution is 0.907. The molecule has 0 bridgehead atoms. The first-order valence-corrected chi connectivity index (χ1v) is 34.0. The maximum Gasteiger partial charge on any atom is 0.147 e. The van der Waals surface area contributed by atoms with Crippen LogP contribution in [0.2, 0.25) is 0 Å². The highest BCUT2D eigenvalue weighted by atomic mass is 15.1. The predicted octanol–water partition coefficient (Wildman–Crippen LogP) is 18.7. The maximum absolute atomic E-state index is 3.92. The number of aryl methyl sites for hydroxylation is 11. The Labute approximate surface area is 607 Å². The molecule has 0 saturated heterocycles. The minimum Gasteiger partial charge on any atom is -0.265 e. The van der Waals surface area contributed by atoms with Crippen LogP contribution in [0.1, 0.15) is 222 Å². The second kappa shape index (κ2) is 113. The summed E-state index contributed by atoms with van der Waals surface area (Å²) in [5.41, 5.74) is 8.19. The molecule has 0 aliphatic rings. The molecular formula is C75H133N25. The van der Waals surface area contributed by atoms with Gasteiger partial charge in [-0.3, -0.25) is 15.0 Å². The standard InChI is InChI=1S/C6H7N.6C5H6N2.4C4H5N3.11C2H6.CH4/c1-6-2-4-7-5-3-6;1-5-2-6-4-7-3-5;1-5-4-6-2-3-7-5;1-5-2-3-6-4-7-5;1-5-2-3-6-7-4-5;1-5-6-3-2-4-7-5;1-5-3-2-4-6-7-5;1-4-6-2-5-3-7-4;1-4-2-6-7-3-5-4;1-4-2-5-3-6-7-4;1-4-5-2-3-6-7-4;11*1-2;/h2-5H,1H3;6*2-4H,1H3;4*2-3H,1H3;11*1-2H3;1H4. The van der Waals surface area contributed by atoms with Gasteiger partial charge in [-0.05, 0) is 135 Å². The summed E-state index contributed by atoms with van der Waals surface area (Å²) in [4.78, 5) is 56.9. The lowest BCUT2D eigenvalue weighted by atomic mass is 10.3. The summed E-state index contributed by atoms with van der Waals surface area (Å²) in [5.74, 6) is 2.29. The molecular weight excluding hydrogens is 1250 g/mol. The first-order valence-electron chi connectivity index (χ1n) is 34.0. The van der Waals surface area contributed by atoms with Crippen molar-refractivity contribution in [2.45, 2.75) is 236 Å². The molecule has 0 aliphatic carbocycles. The molecule has 11 heterocycles. The second-order valence-electron chi connectivity index (χ2n) is 14.6. The fraction of sp³-hybridized carbons (Fsp3) is 0.453. The number of pyridine rings is 1. The zero-order chi connectivity index (χ0) is 78.2. The van der Waals surface area contributed by atoms with Crippen LogP contribution in [-0.2, 0) is 0 Å². The van der Waals surface area contributed by atoms with Crippen LogP contribution in [0.25, 0.3) is 0 Å². The van der Waals surface area contributed by atoms with Gasteiger partial charge in [0.15, 0.2) is 0 Å². The Bertz CT molecular complexity index is 2220. The molecule has 11 aromatic rings. The Morgan fingerprint density at radius 1 is 0.190 bits per heavy atom. The molecule has 0 aromatic carbocycles. The lowest BCUT2D eigenvalue weighted by Gasteiger charge is -1.82. The third kappa shape index (κ3) is 109. The molecule has 558 valence electrons. The Hall–Kier alpha value is -10.3. The van der Waals surface area contributed by atoms with Gasteiger partial charge >= 0.3 is 0 Å². The van der Waals surface area contributed by atoms with Crippen LogP contribution in [0.5, 0.6) is 0 Å². The third-order valence-corrected chi connectivity index (χ3v) is 7.53. The largest absolute Gasteiger partial charge is 0.265 e. The fourth-order valence-electron chi connectivity index (χ4n) is 3.86. The van der Waals surface area contributed by atoms with Gasteiger partial charge in [0, 0.05) is 86.3 Å². The molecule has 0 amide bonds. The van der Waals surface area contributed by atoms with E-state index in [0.717, 1.165) is 51.2 Å². The summed E-state index contributed by atoms with van der Waals surface area (Å²) >= 11 is 0. The highest BCUT2D eigenvalue weighted by molar-refractivity contribution is 5.06. The normalized spacial score (nSPS) is 7.37. The Morgan fingerprint density at radius 3 is 0.860 bits per heavy atom. The number of hydrogen-bond donors (Lipinski definition) is 0. The zero-order valence-electron chi connectivity index (χ0n) is 67.0. The molecule has 25 heteroatoms. The number of nitrogens with zero attached hydrogens (tertiary/aromatic N) is 25. The van der Waals surface area contributed by atoms with E-state index in [4.69, 9.17) is 0 Å². The van der Waals surface area contributed by atoms with Crippen LogP contribution >= 0.6 is 0 Å². The molecule has 0 aliphatic heterocycles. The fourth-order valence-corrected chi connectivity index (χ4v) is 3.86. The quantitative estimate of drug-likeness (QED) is 0.136. The van der Waals surface area contributed by atoms with Gasteiger partial charge in [0.1, 0.15) is 55.4 Å². The van der Waals surface area contributed by atoms with Gasteiger partial charge in [0.25, 0.3) is 0 Å². The van der Waals surface area contributed by atoms with Gasteiger partial charge in [-0.25, -0.2) is 59.8 Å². The van der Waals surface area contributed by atoms with Crippen LogP contribution in [0.15, 0.2) is 186 Å². The van der Waals surface area contributed by atoms with Crippen molar-refractivity contribution in [3.63, 3.8) is 0 Å². The Kier molecular flexibility index (Phi) is 132. The number of hydrogen-bond acceptors (Lipinski definition) is 25. The molecule has 0 saturated carbocycles. The minimum atomic E-state index is 0. The average molecular weight is 1390 g/mol. The van der Waals surface area contributed by atoms with Crippen molar-refractivity contribution in [1.29, 1.82) is 0 Å². The highest BCUT2D eigenvalue weighted by Crippen LogP contribution is 1.90. The van der Waals surface area contributed by atoms with E-state index >= 15 is 0 Å². The van der Waals surface area contributed by atoms with Gasteiger partial charge in [-0.1, -0.05) is 160 Å². The van der Waals surface area contributed by atoms with Crippen molar-refractivity contribution in [3.05, 3.63) is 248 Å². The molecule has 0 fully saturated rings. The third-order valence-electron chi connectivity index (χ3n) is 7.53. The molecule has 0 atom stereocenters. The summed E-state index contributed by atoms with van der Waals surface area (Å²) in [6, 6.07) is 13.3. The highest BCUT2D eigenvalue weighted by Gasteiger charge is 1.81. The van der Waals surface area contributed by atoms with Gasteiger partial charge in [0.05, 0.1) is 47.6 Å². The Morgan fingerprint density at radius 2 is 0.640 bits per heavy atom. The van der Waals surface area contributed by atoms with Gasteiger partial charge < -0.3 is 0 Å². The van der Waals surface area contributed by atoms with E-state index in [1.165, 1.54) is 43.5 Å². The SMILES string of the molecule is C.CC.CC.CC.CC.CC.CC.CC.CC.CC.CC.CC.Cc1cccnn1.Cc1ccncc1.Cc1ccncn1.Cc1ccnnc1.Cc1cnccn1.Cc1cncnc1.Cc1cncnn1.Cc1cnncn1.Cc1ncccn1.Cc1nccnn1.Cc1ncncn1. The summed E-state index contributed by atoms with van der Waals surface area (Å²) in [7, 11) is 0. The molecule has 0 N–H and O–H groups in total. The van der Waals surface area contributed by atoms with E-state index in [1.807, 2.05) is 258 Å². The van der Waals surface area contributed by atoms with Gasteiger partial charge in [-0.15, -0.1) is 15.3 Å². The van der Waals surface area contributed by atoms with Crippen LogP contribution in [-0.4, -0.2) is 126 Å². The van der Waals surface area contributed by atoms with E-state index < -0.39 is 0 Å². The Balaban J connectivity index is -0.0000000827. The summed E-state index contributed by atoms with van der Waals surface area (Å²) < 4.78 is 0. The van der Waals surface area contributed by atoms with Crippen molar-refractivity contribution in [2.75, 3.05) is 0 Å². The summed E-state index contributed by atoms with van der Waals surface area (Å²) in [5, 5.41) is 36.0. The van der Waals surface area contributed by atoms with Crippen molar-refractivity contribution in [2.24, 2.45) is 0 Å². The first-order chi connectivity index (χ1) is 48.3. The number of rotatable bonds is 0. The molecule has 0 radical (unpaired) electrons. The van der Waals surface area contributed by atoms with E-state index in [-0.39, 0.29) is 7.43 Å².